The lowest BCUT2D eigenvalue weighted by Gasteiger charge is -2.19. The second-order valence-corrected chi connectivity index (χ2v) is 6.57. The standard InChI is InChI=1S/C15H16F3NO2S/c1-9-3-4-12(6-13(9)15(16,17)18)19-7-11(5-14(19)21)8-22-10(2)20/h3-4,6,11H,5,7-8H2,1-2H3. The summed E-state index contributed by atoms with van der Waals surface area (Å²) in [5.41, 5.74) is -0.329. The molecule has 0 N–H and O–H groups in total. The van der Waals surface area contributed by atoms with Crippen LogP contribution in [0, 0.1) is 12.8 Å². The van der Waals surface area contributed by atoms with Gasteiger partial charge in [-0.25, -0.2) is 0 Å². The minimum Gasteiger partial charge on any atom is -0.312 e. The number of rotatable bonds is 3. The Morgan fingerprint density at radius 2 is 2.09 bits per heavy atom. The van der Waals surface area contributed by atoms with Crippen molar-refractivity contribution in [2.24, 2.45) is 5.92 Å². The van der Waals surface area contributed by atoms with E-state index in [-0.39, 0.29) is 34.6 Å². The number of hydrogen-bond donors (Lipinski definition) is 0. The van der Waals surface area contributed by atoms with E-state index in [0.29, 0.717) is 12.3 Å². The summed E-state index contributed by atoms with van der Waals surface area (Å²) in [5.74, 6) is 0.290. The van der Waals surface area contributed by atoms with Gasteiger partial charge in [0.25, 0.3) is 0 Å². The summed E-state index contributed by atoms with van der Waals surface area (Å²) in [5, 5.41) is -0.0272. The van der Waals surface area contributed by atoms with E-state index in [0.717, 1.165) is 17.8 Å². The largest absolute Gasteiger partial charge is 0.416 e. The molecule has 0 spiro atoms. The third-order valence-electron chi connectivity index (χ3n) is 3.57. The van der Waals surface area contributed by atoms with E-state index >= 15 is 0 Å². The zero-order valence-electron chi connectivity index (χ0n) is 12.2. The predicted octanol–water partition coefficient (Wildman–Crippen LogP) is 3.65. The smallest absolute Gasteiger partial charge is 0.312 e. The molecule has 7 heteroatoms. The van der Waals surface area contributed by atoms with Crippen molar-refractivity contribution in [1.29, 1.82) is 0 Å². The van der Waals surface area contributed by atoms with Crippen LogP contribution in [-0.4, -0.2) is 23.3 Å². The van der Waals surface area contributed by atoms with Crippen LogP contribution in [0.5, 0.6) is 0 Å². The van der Waals surface area contributed by atoms with Gasteiger partial charge in [0.2, 0.25) is 5.91 Å². The van der Waals surface area contributed by atoms with Crippen molar-refractivity contribution in [3.05, 3.63) is 29.3 Å². The fourth-order valence-electron chi connectivity index (χ4n) is 2.46. The van der Waals surface area contributed by atoms with E-state index in [1.165, 1.54) is 30.9 Å². The van der Waals surface area contributed by atoms with E-state index in [1.54, 1.807) is 0 Å². The molecule has 1 fully saturated rings. The number of anilines is 1. The van der Waals surface area contributed by atoms with Gasteiger partial charge < -0.3 is 4.90 Å². The number of hydrogen-bond acceptors (Lipinski definition) is 3. The van der Waals surface area contributed by atoms with Crippen LogP contribution in [0.25, 0.3) is 0 Å². The van der Waals surface area contributed by atoms with Gasteiger partial charge in [-0.3, -0.25) is 9.59 Å². The van der Waals surface area contributed by atoms with Gasteiger partial charge >= 0.3 is 6.18 Å². The average Bonchev–Trinajstić information content (AvgIpc) is 2.77. The molecule has 1 aliphatic heterocycles. The Morgan fingerprint density at radius 1 is 1.41 bits per heavy atom. The molecule has 1 atom stereocenters. The highest BCUT2D eigenvalue weighted by molar-refractivity contribution is 8.13. The number of carbonyl (C=O) groups is 2. The minimum atomic E-state index is -4.44. The number of nitrogens with zero attached hydrogens (tertiary/aromatic N) is 1. The molecule has 0 bridgehead atoms. The molecule has 22 heavy (non-hydrogen) atoms. The van der Waals surface area contributed by atoms with Crippen LogP contribution in [0.2, 0.25) is 0 Å². The van der Waals surface area contributed by atoms with Crippen molar-refractivity contribution >= 4 is 28.5 Å². The molecule has 0 saturated carbocycles. The second-order valence-electron chi connectivity index (χ2n) is 5.37. The van der Waals surface area contributed by atoms with Crippen molar-refractivity contribution in [3.63, 3.8) is 0 Å². The van der Waals surface area contributed by atoms with Gasteiger partial charge in [-0.15, -0.1) is 0 Å². The maximum atomic E-state index is 13.0. The molecule has 0 aromatic heterocycles. The second kappa shape index (κ2) is 6.32. The molecular formula is C15H16F3NO2S. The highest BCUT2D eigenvalue weighted by Gasteiger charge is 2.35. The minimum absolute atomic E-state index is 0.0166. The van der Waals surface area contributed by atoms with Crippen LogP contribution in [0.15, 0.2) is 18.2 Å². The van der Waals surface area contributed by atoms with Gasteiger partial charge in [-0.05, 0) is 30.5 Å². The van der Waals surface area contributed by atoms with Crippen molar-refractivity contribution in [3.8, 4) is 0 Å². The molecule has 0 aliphatic carbocycles. The van der Waals surface area contributed by atoms with Crippen LogP contribution in [0.3, 0.4) is 0 Å². The third-order valence-corrected chi connectivity index (χ3v) is 4.61. The zero-order valence-corrected chi connectivity index (χ0v) is 13.1. The Labute approximate surface area is 130 Å². The average molecular weight is 331 g/mol. The molecule has 1 aromatic carbocycles. The van der Waals surface area contributed by atoms with E-state index in [9.17, 15) is 22.8 Å². The normalized spacial score (nSPS) is 18.9. The molecule has 2 rings (SSSR count). The van der Waals surface area contributed by atoms with E-state index in [1.807, 2.05) is 0 Å². The lowest BCUT2D eigenvalue weighted by molar-refractivity contribution is -0.138. The Balaban J connectivity index is 2.18. The molecule has 1 aromatic rings. The van der Waals surface area contributed by atoms with E-state index < -0.39 is 11.7 Å². The van der Waals surface area contributed by atoms with Crippen LogP contribution < -0.4 is 4.90 Å². The quantitative estimate of drug-likeness (QED) is 0.848. The van der Waals surface area contributed by atoms with Crippen molar-refractivity contribution in [2.45, 2.75) is 26.4 Å². The first-order valence-corrected chi connectivity index (χ1v) is 7.78. The summed E-state index contributed by atoms with van der Waals surface area (Å²) < 4.78 is 38.9. The number of halogens is 3. The first kappa shape index (κ1) is 16.9. The van der Waals surface area contributed by atoms with Crippen molar-refractivity contribution in [1.82, 2.24) is 0 Å². The summed E-state index contributed by atoms with van der Waals surface area (Å²) in [7, 11) is 0. The highest BCUT2D eigenvalue weighted by atomic mass is 32.2. The summed E-state index contributed by atoms with van der Waals surface area (Å²) in [4.78, 5) is 24.4. The molecule has 1 heterocycles. The first-order valence-electron chi connectivity index (χ1n) is 6.80. The lowest BCUT2D eigenvalue weighted by atomic mass is 10.1. The van der Waals surface area contributed by atoms with Crippen LogP contribution in [0.1, 0.15) is 24.5 Å². The number of thioether (sulfide) groups is 1. The molecule has 3 nitrogen and oxygen atoms in total. The summed E-state index contributed by atoms with van der Waals surface area (Å²) >= 11 is 1.14. The van der Waals surface area contributed by atoms with Crippen molar-refractivity contribution in [2.75, 3.05) is 17.2 Å². The molecule has 1 aliphatic rings. The van der Waals surface area contributed by atoms with E-state index in [2.05, 4.69) is 0 Å². The van der Waals surface area contributed by atoms with Crippen molar-refractivity contribution < 1.29 is 22.8 Å². The monoisotopic (exact) mass is 331 g/mol. The zero-order chi connectivity index (χ0) is 16.5. The molecular weight excluding hydrogens is 315 g/mol. The molecule has 120 valence electrons. The number of amides is 1. The Morgan fingerprint density at radius 3 is 2.68 bits per heavy atom. The van der Waals surface area contributed by atoms with Gasteiger partial charge in [0.15, 0.2) is 5.12 Å². The third kappa shape index (κ3) is 3.82. The topological polar surface area (TPSA) is 37.4 Å². The lowest BCUT2D eigenvalue weighted by Crippen LogP contribution is -2.25. The van der Waals surface area contributed by atoms with Gasteiger partial charge in [-0.2, -0.15) is 13.2 Å². The van der Waals surface area contributed by atoms with E-state index in [4.69, 9.17) is 0 Å². The molecule has 0 radical (unpaired) electrons. The SMILES string of the molecule is CC(=O)SCC1CC(=O)N(c2ccc(C)c(C(F)(F)F)c2)C1. The van der Waals surface area contributed by atoms with Gasteiger partial charge in [-0.1, -0.05) is 17.8 Å². The summed E-state index contributed by atoms with van der Waals surface area (Å²) in [6.45, 7) is 3.19. The molecule has 1 saturated heterocycles. The van der Waals surface area contributed by atoms with Gasteiger partial charge in [0, 0.05) is 31.3 Å². The summed E-state index contributed by atoms with van der Waals surface area (Å²) in [6.07, 6.45) is -4.18. The molecule has 1 amide bonds. The van der Waals surface area contributed by atoms with Crippen LogP contribution in [0.4, 0.5) is 18.9 Å². The number of aryl methyl sites for hydroxylation is 1. The number of alkyl halides is 3. The highest BCUT2D eigenvalue weighted by Crippen LogP contribution is 2.36. The number of carbonyl (C=O) groups excluding carboxylic acids is 2. The Bertz CT molecular complexity index is 601. The summed E-state index contributed by atoms with van der Waals surface area (Å²) in [6, 6.07) is 3.93. The fraction of sp³-hybridized carbons (Fsp3) is 0.467. The molecule has 1 unspecified atom stereocenters. The van der Waals surface area contributed by atoms with Crippen LogP contribution in [-0.2, 0) is 15.8 Å². The first-order chi connectivity index (χ1) is 10.2. The maximum absolute atomic E-state index is 13.0. The van der Waals surface area contributed by atoms with Gasteiger partial charge in [0.05, 0.1) is 5.56 Å². The maximum Gasteiger partial charge on any atom is 0.416 e. The Hall–Kier alpha value is -1.50. The number of benzene rings is 1. The van der Waals surface area contributed by atoms with Crippen LogP contribution >= 0.6 is 11.8 Å². The predicted molar refractivity (Wildman–Crippen MR) is 79.8 cm³/mol. The fourth-order valence-corrected chi connectivity index (χ4v) is 3.15. The van der Waals surface area contributed by atoms with Gasteiger partial charge in [0.1, 0.15) is 0 Å². The Kier molecular flexibility index (Phi) is 4.84.